The minimum absolute atomic E-state index is 0. The molecule has 28 heavy (non-hydrogen) atoms. The zero-order chi connectivity index (χ0) is 18.7. The van der Waals surface area contributed by atoms with E-state index in [0.29, 0.717) is 45.7 Å². The standard InChI is InChI=1S/C19H28N4O3.2ClH/c1-13-4-3-5-14(2)18(13)21-17(25)12-22-6-8-23(9-7-22)19(26)16-10-15(24)11-20-16;;/h3-5,15-16,20,24H,6-12H2,1-2H3,(H,21,25);2*1H. The number of hydrogen-bond acceptors (Lipinski definition) is 5. The van der Waals surface area contributed by atoms with Gasteiger partial charge in [0.05, 0.1) is 18.7 Å². The number of nitrogens with one attached hydrogen (secondary N) is 2. The molecule has 1 aromatic rings. The number of rotatable bonds is 4. The first-order chi connectivity index (χ1) is 12.4. The second kappa shape index (κ2) is 11.0. The molecule has 0 aromatic heterocycles. The van der Waals surface area contributed by atoms with Crippen molar-refractivity contribution in [3.05, 3.63) is 29.3 Å². The highest BCUT2D eigenvalue weighted by Crippen LogP contribution is 2.19. The van der Waals surface area contributed by atoms with Crippen LogP contribution in [0.25, 0.3) is 0 Å². The largest absolute Gasteiger partial charge is 0.392 e. The van der Waals surface area contributed by atoms with Crippen LogP contribution in [0.3, 0.4) is 0 Å². The number of aliphatic hydroxyl groups is 1. The zero-order valence-corrected chi connectivity index (χ0v) is 17.9. The number of anilines is 1. The Kier molecular flexibility index (Phi) is 9.66. The van der Waals surface area contributed by atoms with E-state index in [2.05, 4.69) is 15.5 Å². The number of hydrogen-bond donors (Lipinski definition) is 3. The SMILES string of the molecule is Cc1cccc(C)c1NC(=O)CN1CCN(C(=O)C2CC(O)CN2)CC1.Cl.Cl. The lowest BCUT2D eigenvalue weighted by atomic mass is 10.1. The number of para-hydroxylation sites is 1. The van der Waals surface area contributed by atoms with Crippen LogP contribution in [0.2, 0.25) is 0 Å². The second-order valence-corrected chi connectivity index (χ2v) is 7.27. The average Bonchev–Trinajstić information content (AvgIpc) is 3.05. The quantitative estimate of drug-likeness (QED) is 0.659. The molecular weight excluding hydrogens is 403 g/mol. The van der Waals surface area contributed by atoms with Crippen molar-refractivity contribution in [3.63, 3.8) is 0 Å². The molecule has 2 unspecified atom stereocenters. The maximum Gasteiger partial charge on any atom is 0.239 e. The van der Waals surface area contributed by atoms with Crippen molar-refractivity contribution >= 4 is 42.3 Å². The first-order valence-corrected chi connectivity index (χ1v) is 9.22. The molecular formula is C19H30Cl2N4O3. The van der Waals surface area contributed by atoms with Crippen molar-refractivity contribution in [2.24, 2.45) is 0 Å². The lowest BCUT2D eigenvalue weighted by Crippen LogP contribution is -2.54. The van der Waals surface area contributed by atoms with Crippen molar-refractivity contribution in [2.45, 2.75) is 32.4 Å². The Labute approximate surface area is 178 Å². The van der Waals surface area contributed by atoms with Crippen LogP contribution in [-0.4, -0.2) is 78.1 Å². The predicted molar refractivity (Wildman–Crippen MR) is 114 cm³/mol. The van der Waals surface area contributed by atoms with Gasteiger partial charge in [0, 0.05) is 38.4 Å². The molecule has 0 saturated carbocycles. The van der Waals surface area contributed by atoms with Gasteiger partial charge in [0.25, 0.3) is 0 Å². The van der Waals surface area contributed by atoms with Gasteiger partial charge in [0.15, 0.2) is 0 Å². The average molecular weight is 433 g/mol. The molecule has 2 fully saturated rings. The highest BCUT2D eigenvalue weighted by atomic mass is 35.5. The molecule has 9 heteroatoms. The van der Waals surface area contributed by atoms with Gasteiger partial charge in [-0.2, -0.15) is 0 Å². The van der Waals surface area contributed by atoms with Crippen LogP contribution in [0, 0.1) is 13.8 Å². The molecule has 2 aliphatic heterocycles. The van der Waals surface area contributed by atoms with E-state index >= 15 is 0 Å². The normalized spacial score (nSPS) is 22.2. The number of β-amino-alcohol motifs (C(OH)–C–C–N with tert-alkyl or cyclic N) is 1. The van der Waals surface area contributed by atoms with Gasteiger partial charge < -0.3 is 20.6 Å². The third-order valence-electron chi connectivity index (χ3n) is 5.20. The van der Waals surface area contributed by atoms with Gasteiger partial charge in [-0.25, -0.2) is 0 Å². The van der Waals surface area contributed by atoms with E-state index in [0.717, 1.165) is 16.8 Å². The molecule has 0 radical (unpaired) electrons. The Morgan fingerprint density at radius 2 is 1.75 bits per heavy atom. The fourth-order valence-corrected chi connectivity index (χ4v) is 3.65. The first-order valence-electron chi connectivity index (χ1n) is 9.22. The Morgan fingerprint density at radius 3 is 2.29 bits per heavy atom. The van der Waals surface area contributed by atoms with Crippen LogP contribution in [0.15, 0.2) is 18.2 Å². The summed E-state index contributed by atoms with van der Waals surface area (Å²) in [6.45, 7) is 7.38. The summed E-state index contributed by atoms with van der Waals surface area (Å²) < 4.78 is 0. The van der Waals surface area contributed by atoms with E-state index in [1.165, 1.54) is 0 Å². The van der Waals surface area contributed by atoms with Crippen molar-refractivity contribution in [1.29, 1.82) is 0 Å². The summed E-state index contributed by atoms with van der Waals surface area (Å²) in [6.07, 6.45) is 0.0517. The smallest absolute Gasteiger partial charge is 0.239 e. The van der Waals surface area contributed by atoms with E-state index in [9.17, 15) is 14.7 Å². The number of benzene rings is 1. The fraction of sp³-hybridized carbons (Fsp3) is 0.579. The number of carbonyl (C=O) groups excluding carboxylic acids is 2. The summed E-state index contributed by atoms with van der Waals surface area (Å²) in [7, 11) is 0. The highest BCUT2D eigenvalue weighted by Gasteiger charge is 2.32. The van der Waals surface area contributed by atoms with Gasteiger partial charge >= 0.3 is 0 Å². The van der Waals surface area contributed by atoms with Gasteiger partial charge in [0.2, 0.25) is 11.8 Å². The molecule has 2 saturated heterocycles. The van der Waals surface area contributed by atoms with E-state index in [1.807, 2.05) is 36.9 Å². The minimum Gasteiger partial charge on any atom is -0.392 e. The third-order valence-corrected chi connectivity index (χ3v) is 5.20. The summed E-state index contributed by atoms with van der Waals surface area (Å²) in [5, 5.41) is 15.6. The molecule has 2 atom stereocenters. The summed E-state index contributed by atoms with van der Waals surface area (Å²) >= 11 is 0. The molecule has 3 rings (SSSR count). The minimum atomic E-state index is -0.432. The van der Waals surface area contributed by atoms with Crippen molar-refractivity contribution in [2.75, 3.05) is 44.6 Å². The van der Waals surface area contributed by atoms with E-state index < -0.39 is 6.10 Å². The fourth-order valence-electron chi connectivity index (χ4n) is 3.65. The molecule has 0 aliphatic carbocycles. The number of aliphatic hydroxyl groups excluding tert-OH is 1. The van der Waals surface area contributed by atoms with Gasteiger partial charge in [0.1, 0.15) is 0 Å². The number of halogens is 2. The van der Waals surface area contributed by atoms with Crippen molar-refractivity contribution < 1.29 is 14.7 Å². The van der Waals surface area contributed by atoms with Crippen LogP contribution in [-0.2, 0) is 9.59 Å². The summed E-state index contributed by atoms with van der Waals surface area (Å²) in [5.74, 6) is 0.0314. The van der Waals surface area contributed by atoms with E-state index in [1.54, 1.807) is 0 Å². The number of nitrogens with zero attached hydrogens (tertiary/aromatic N) is 2. The maximum atomic E-state index is 12.4. The zero-order valence-electron chi connectivity index (χ0n) is 16.3. The Morgan fingerprint density at radius 1 is 1.14 bits per heavy atom. The van der Waals surface area contributed by atoms with Crippen molar-refractivity contribution in [3.8, 4) is 0 Å². The molecule has 1 aromatic carbocycles. The summed E-state index contributed by atoms with van der Waals surface area (Å²) in [6, 6.07) is 5.68. The van der Waals surface area contributed by atoms with E-state index in [-0.39, 0.29) is 42.7 Å². The summed E-state index contributed by atoms with van der Waals surface area (Å²) in [5.41, 5.74) is 3.00. The Bertz CT molecular complexity index is 661. The molecule has 2 heterocycles. The number of aryl methyl sites for hydroxylation is 2. The molecule has 2 aliphatic rings. The van der Waals surface area contributed by atoms with Crippen LogP contribution >= 0.6 is 24.8 Å². The maximum absolute atomic E-state index is 12.4. The molecule has 158 valence electrons. The topological polar surface area (TPSA) is 84.9 Å². The van der Waals surface area contributed by atoms with Crippen LogP contribution in [0.4, 0.5) is 5.69 Å². The molecule has 0 spiro atoms. The first kappa shape index (κ1) is 24.7. The van der Waals surface area contributed by atoms with E-state index in [4.69, 9.17) is 0 Å². The van der Waals surface area contributed by atoms with Gasteiger partial charge in [-0.3, -0.25) is 14.5 Å². The number of amides is 2. The van der Waals surface area contributed by atoms with Gasteiger partial charge in [-0.05, 0) is 31.4 Å². The van der Waals surface area contributed by atoms with Crippen molar-refractivity contribution in [1.82, 2.24) is 15.1 Å². The molecule has 7 nitrogen and oxygen atoms in total. The Hall–Kier alpha value is -1.38. The highest BCUT2D eigenvalue weighted by molar-refractivity contribution is 5.93. The van der Waals surface area contributed by atoms with Crippen LogP contribution in [0.1, 0.15) is 17.5 Å². The number of carbonyl (C=O) groups is 2. The number of piperazine rings is 1. The third kappa shape index (κ3) is 6.06. The van der Waals surface area contributed by atoms with Crippen LogP contribution in [0.5, 0.6) is 0 Å². The lowest BCUT2D eigenvalue weighted by molar-refractivity contribution is -0.135. The monoisotopic (exact) mass is 432 g/mol. The second-order valence-electron chi connectivity index (χ2n) is 7.27. The molecule has 0 bridgehead atoms. The summed E-state index contributed by atoms with van der Waals surface area (Å²) in [4.78, 5) is 28.7. The van der Waals surface area contributed by atoms with Gasteiger partial charge in [-0.15, -0.1) is 24.8 Å². The van der Waals surface area contributed by atoms with Crippen LogP contribution < -0.4 is 10.6 Å². The predicted octanol–water partition coefficient (Wildman–Crippen LogP) is 0.953. The molecule has 2 amide bonds. The molecule has 3 N–H and O–H groups in total. The Balaban J connectivity index is 0.00000196. The lowest BCUT2D eigenvalue weighted by Gasteiger charge is -2.35. The van der Waals surface area contributed by atoms with Gasteiger partial charge in [-0.1, -0.05) is 18.2 Å².